The van der Waals surface area contributed by atoms with E-state index in [4.69, 9.17) is 0 Å². The molecule has 2 rings (SSSR count). The van der Waals surface area contributed by atoms with E-state index in [2.05, 4.69) is 25.6 Å². The van der Waals surface area contributed by atoms with Gasteiger partial charge < -0.3 is 15.7 Å². The average molecular weight is 345 g/mol. The third-order valence-electron chi connectivity index (χ3n) is 3.52. The van der Waals surface area contributed by atoms with Crippen LogP contribution in [0.5, 0.6) is 0 Å². The van der Waals surface area contributed by atoms with Gasteiger partial charge in [0, 0.05) is 6.04 Å². The number of aromatic nitrogens is 3. The summed E-state index contributed by atoms with van der Waals surface area (Å²) in [5.74, 6) is 0.338. The summed E-state index contributed by atoms with van der Waals surface area (Å²) < 4.78 is 38.3. The van der Waals surface area contributed by atoms with Crippen LogP contribution in [-0.4, -0.2) is 44.4 Å². The third-order valence-corrected chi connectivity index (χ3v) is 3.52. The molecule has 0 aliphatic heterocycles. The maximum Gasteiger partial charge on any atom is 0.408 e. The molecule has 1 aliphatic carbocycles. The maximum atomic E-state index is 12.8. The zero-order valence-electron chi connectivity index (χ0n) is 13.9. The fraction of sp³-hybridized carbons (Fsp3) is 0.667. The van der Waals surface area contributed by atoms with Crippen molar-refractivity contribution in [3.05, 3.63) is 11.9 Å². The van der Waals surface area contributed by atoms with Crippen LogP contribution in [0.4, 0.5) is 25.1 Å². The van der Waals surface area contributed by atoms with E-state index in [0.29, 0.717) is 18.4 Å². The topological polar surface area (TPSA) is 83.0 Å². The van der Waals surface area contributed by atoms with Crippen LogP contribution in [0.25, 0.3) is 5.57 Å². The summed E-state index contributed by atoms with van der Waals surface area (Å²) in [7, 11) is 0. The van der Waals surface area contributed by atoms with Gasteiger partial charge in [-0.2, -0.15) is 28.1 Å². The van der Waals surface area contributed by atoms with Crippen LogP contribution in [0.15, 0.2) is 6.08 Å². The van der Waals surface area contributed by atoms with Crippen molar-refractivity contribution in [2.24, 2.45) is 0 Å². The Morgan fingerprint density at radius 1 is 1.12 bits per heavy atom. The summed E-state index contributed by atoms with van der Waals surface area (Å²) in [4.78, 5) is 12.4. The SMILES string of the molecule is CC(C)Nc1nc(N[C@H](C)C(F)(F)F)nc(C2=C[C@H](O)CCC2)n1. The number of anilines is 2. The highest BCUT2D eigenvalue weighted by Crippen LogP contribution is 2.27. The van der Waals surface area contributed by atoms with Crippen LogP contribution in [0.2, 0.25) is 0 Å². The first-order chi connectivity index (χ1) is 11.1. The van der Waals surface area contributed by atoms with Gasteiger partial charge in [-0.25, -0.2) is 0 Å². The van der Waals surface area contributed by atoms with Crippen LogP contribution in [0.3, 0.4) is 0 Å². The van der Waals surface area contributed by atoms with Crippen molar-refractivity contribution in [2.45, 2.75) is 64.4 Å². The molecule has 0 unspecified atom stereocenters. The highest BCUT2D eigenvalue weighted by Gasteiger charge is 2.36. The number of nitrogens with zero attached hydrogens (tertiary/aromatic N) is 3. The minimum atomic E-state index is -4.40. The van der Waals surface area contributed by atoms with Gasteiger partial charge in [0.2, 0.25) is 11.9 Å². The molecule has 24 heavy (non-hydrogen) atoms. The fourth-order valence-electron chi connectivity index (χ4n) is 2.27. The molecule has 1 aromatic heterocycles. The maximum absolute atomic E-state index is 12.8. The van der Waals surface area contributed by atoms with Gasteiger partial charge >= 0.3 is 6.18 Å². The summed E-state index contributed by atoms with van der Waals surface area (Å²) >= 11 is 0. The second-order valence-corrected chi connectivity index (χ2v) is 6.16. The molecule has 0 saturated carbocycles. The summed E-state index contributed by atoms with van der Waals surface area (Å²) in [5, 5.41) is 15.0. The first kappa shape index (κ1) is 18.4. The zero-order valence-corrected chi connectivity index (χ0v) is 13.9. The van der Waals surface area contributed by atoms with Gasteiger partial charge in [-0.1, -0.05) is 0 Å². The minimum Gasteiger partial charge on any atom is -0.389 e. The molecule has 1 aliphatic rings. The molecule has 3 N–H and O–H groups in total. The molecule has 0 spiro atoms. The van der Waals surface area contributed by atoms with Crippen molar-refractivity contribution in [2.75, 3.05) is 10.6 Å². The molecule has 1 aromatic rings. The number of allylic oxidation sites excluding steroid dienone is 1. The first-order valence-corrected chi connectivity index (χ1v) is 7.90. The monoisotopic (exact) mass is 345 g/mol. The number of halogens is 3. The van der Waals surface area contributed by atoms with Gasteiger partial charge in [0.25, 0.3) is 0 Å². The molecule has 0 radical (unpaired) electrons. The largest absolute Gasteiger partial charge is 0.408 e. The Hall–Kier alpha value is -1.90. The second-order valence-electron chi connectivity index (χ2n) is 6.16. The van der Waals surface area contributed by atoms with Crippen molar-refractivity contribution < 1.29 is 18.3 Å². The quantitative estimate of drug-likeness (QED) is 0.761. The third kappa shape index (κ3) is 5.05. The van der Waals surface area contributed by atoms with E-state index in [9.17, 15) is 18.3 Å². The summed E-state index contributed by atoms with van der Waals surface area (Å²) in [6.45, 7) is 4.75. The summed E-state index contributed by atoms with van der Waals surface area (Å²) in [6, 6.07) is -1.77. The van der Waals surface area contributed by atoms with Crippen LogP contribution >= 0.6 is 0 Å². The van der Waals surface area contributed by atoms with Crippen molar-refractivity contribution in [3.63, 3.8) is 0 Å². The molecule has 1 heterocycles. The molecule has 0 aromatic carbocycles. The molecule has 2 atom stereocenters. The van der Waals surface area contributed by atoms with E-state index in [1.807, 2.05) is 13.8 Å². The van der Waals surface area contributed by atoms with Crippen LogP contribution < -0.4 is 10.6 Å². The first-order valence-electron chi connectivity index (χ1n) is 7.90. The van der Waals surface area contributed by atoms with E-state index in [-0.39, 0.29) is 23.8 Å². The van der Waals surface area contributed by atoms with Gasteiger partial charge in [-0.15, -0.1) is 0 Å². The predicted octanol–water partition coefficient (Wildman–Crippen LogP) is 2.98. The zero-order chi connectivity index (χ0) is 17.9. The Balaban J connectivity index is 2.34. The van der Waals surface area contributed by atoms with Gasteiger partial charge in [-0.05, 0) is 51.7 Å². The van der Waals surface area contributed by atoms with Crippen LogP contribution in [0.1, 0.15) is 45.9 Å². The van der Waals surface area contributed by atoms with Crippen LogP contribution in [0, 0.1) is 0 Å². The molecule has 9 heteroatoms. The molecular formula is C15H22F3N5O. The number of nitrogens with one attached hydrogen (secondary N) is 2. The Kier molecular flexibility index (Phi) is 5.63. The Morgan fingerprint density at radius 3 is 2.29 bits per heavy atom. The van der Waals surface area contributed by atoms with E-state index < -0.39 is 18.3 Å². The average Bonchev–Trinajstić information content (AvgIpc) is 2.45. The molecule has 6 nitrogen and oxygen atoms in total. The van der Waals surface area contributed by atoms with E-state index in [1.54, 1.807) is 6.08 Å². The Morgan fingerprint density at radius 2 is 1.75 bits per heavy atom. The van der Waals surface area contributed by atoms with E-state index in [0.717, 1.165) is 13.3 Å². The predicted molar refractivity (Wildman–Crippen MR) is 85.6 cm³/mol. The number of rotatable bonds is 5. The summed E-state index contributed by atoms with van der Waals surface area (Å²) in [5.41, 5.74) is 0.714. The lowest BCUT2D eigenvalue weighted by molar-refractivity contribution is -0.138. The molecule has 134 valence electrons. The van der Waals surface area contributed by atoms with E-state index in [1.165, 1.54) is 0 Å². The van der Waals surface area contributed by atoms with Crippen molar-refractivity contribution >= 4 is 17.5 Å². The molecule has 0 saturated heterocycles. The van der Waals surface area contributed by atoms with E-state index >= 15 is 0 Å². The van der Waals surface area contributed by atoms with Gasteiger partial charge in [0.1, 0.15) is 6.04 Å². The lowest BCUT2D eigenvalue weighted by Crippen LogP contribution is -2.34. The molecule has 0 bridgehead atoms. The van der Waals surface area contributed by atoms with Crippen molar-refractivity contribution in [3.8, 4) is 0 Å². The lowest BCUT2D eigenvalue weighted by atomic mass is 9.97. The lowest BCUT2D eigenvalue weighted by Gasteiger charge is -2.20. The Bertz CT molecular complexity index is 603. The van der Waals surface area contributed by atoms with Gasteiger partial charge in [0.15, 0.2) is 5.82 Å². The van der Waals surface area contributed by atoms with Crippen molar-refractivity contribution in [1.29, 1.82) is 0 Å². The van der Waals surface area contributed by atoms with Crippen LogP contribution in [-0.2, 0) is 0 Å². The van der Waals surface area contributed by atoms with Gasteiger partial charge in [-0.3, -0.25) is 0 Å². The molecule has 0 fully saturated rings. The summed E-state index contributed by atoms with van der Waals surface area (Å²) in [6.07, 6.45) is -1.25. The minimum absolute atomic E-state index is 0.0130. The van der Waals surface area contributed by atoms with Gasteiger partial charge in [0.05, 0.1) is 6.10 Å². The fourth-order valence-corrected chi connectivity index (χ4v) is 2.27. The Labute approximate surface area is 138 Å². The normalized spacial score (nSPS) is 19.8. The standard InChI is InChI=1S/C15H22F3N5O/c1-8(2)19-13-21-12(10-5-4-6-11(24)7-10)22-14(23-13)20-9(3)15(16,17)18/h7-9,11,24H,4-6H2,1-3H3,(H2,19,20,21,22,23)/t9-,11-/m1/s1. The number of hydrogen-bond acceptors (Lipinski definition) is 6. The number of aliphatic hydroxyl groups excluding tert-OH is 1. The highest BCUT2D eigenvalue weighted by molar-refractivity contribution is 5.63. The second kappa shape index (κ2) is 7.33. The smallest absolute Gasteiger partial charge is 0.389 e. The molecule has 0 amide bonds. The number of aliphatic hydroxyl groups is 1. The molecular weight excluding hydrogens is 323 g/mol. The van der Waals surface area contributed by atoms with Crippen molar-refractivity contribution in [1.82, 2.24) is 15.0 Å². The number of hydrogen-bond donors (Lipinski definition) is 3. The number of alkyl halides is 3. The highest BCUT2D eigenvalue weighted by atomic mass is 19.4.